The van der Waals surface area contributed by atoms with Gasteiger partial charge in [0.2, 0.25) is 0 Å². The predicted molar refractivity (Wildman–Crippen MR) is 246 cm³/mol. The average Bonchev–Trinajstić information content (AvgIpc) is 3.87. The zero-order valence-corrected chi connectivity index (χ0v) is 32.7. The van der Waals surface area contributed by atoms with Gasteiger partial charge in [-0.25, -0.2) is 0 Å². The Morgan fingerprint density at radius 2 is 1.10 bits per heavy atom. The van der Waals surface area contributed by atoms with Crippen LogP contribution in [0.2, 0.25) is 0 Å². The van der Waals surface area contributed by atoms with Crippen molar-refractivity contribution in [3.8, 4) is 22.3 Å². The molecular weight excluding hydrogens is 725 g/mol. The molecule has 0 radical (unpaired) electrons. The third-order valence-electron chi connectivity index (χ3n) is 11.5. The molecule has 1 aliphatic heterocycles. The Labute approximate surface area is 341 Å². The van der Waals surface area contributed by atoms with E-state index >= 15 is 0 Å². The van der Waals surface area contributed by atoms with Crippen molar-refractivity contribution < 1.29 is 4.42 Å². The second kappa shape index (κ2) is 14.1. The Hall–Kier alpha value is -7.14. The Bertz CT molecular complexity index is 3130. The molecule has 1 unspecified atom stereocenters. The van der Waals surface area contributed by atoms with Crippen molar-refractivity contribution in [1.29, 1.82) is 0 Å². The van der Waals surface area contributed by atoms with Gasteiger partial charge in [0.1, 0.15) is 5.58 Å². The highest BCUT2D eigenvalue weighted by Crippen LogP contribution is 2.51. The lowest BCUT2D eigenvalue weighted by Crippen LogP contribution is -2.18. The van der Waals surface area contributed by atoms with Crippen molar-refractivity contribution in [2.75, 3.05) is 10.2 Å². The smallest absolute Gasteiger partial charge is 0.160 e. The SMILES string of the molecule is CC1=C(c2ccccc2)c2sc3ccccc3c2NC1c1ccc(-c2ccc(N(c3ccccc3)c3ccc(-c4ccccc4)cc3)c3oc4ccccc4c23)cc1. The molecule has 11 rings (SSSR count). The van der Waals surface area contributed by atoms with Crippen molar-refractivity contribution in [3.05, 3.63) is 222 Å². The monoisotopic (exact) mass is 762 g/mol. The van der Waals surface area contributed by atoms with Gasteiger partial charge >= 0.3 is 0 Å². The van der Waals surface area contributed by atoms with Crippen LogP contribution in [-0.2, 0) is 0 Å². The lowest BCUT2D eigenvalue weighted by Gasteiger charge is -2.30. The summed E-state index contributed by atoms with van der Waals surface area (Å²) in [5, 5.41) is 7.47. The van der Waals surface area contributed by atoms with Crippen molar-refractivity contribution in [1.82, 2.24) is 0 Å². The largest absolute Gasteiger partial charge is 0.454 e. The molecule has 1 aliphatic rings. The summed E-state index contributed by atoms with van der Waals surface area (Å²) in [4.78, 5) is 3.62. The van der Waals surface area contributed by atoms with E-state index in [-0.39, 0.29) is 6.04 Å². The van der Waals surface area contributed by atoms with Crippen molar-refractivity contribution in [2.24, 2.45) is 0 Å². The van der Waals surface area contributed by atoms with E-state index in [1.807, 2.05) is 11.3 Å². The van der Waals surface area contributed by atoms with Crippen LogP contribution in [0.15, 0.2) is 210 Å². The number of thiophene rings is 1. The molecule has 276 valence electrons. The number of hydrogen-bond acceptors (Lipinski definition) is 4. The molecule has 0 amide bonds. The number of anilines is 4. The van der Waals surface area contributed by atoms with Gasteiger partial charge in [-0.2, -0.15) is 0 Å². The fourth-order valence-electron chi connectivity index (χ4n) is 8.76. The van der Waals surface area contributed by atoms with Gasteiger partial charge in [0.05, 0.1) is 22.3 Å². The standard InChI is InChI=1S/C54H38N2OS/c1-35-49(39-17-7-3-8-18-39)54-52(45-22-12-14-24-48(45)58-54)55-51(35)40-27-25-38(26-28-40)43-33-34-46(53-50(43)44-21-11-13-23-47(44)57-53)56(41-19-9-4-10-20-41)42-31-29-37(30-32-42)36-15-5-2-6-16-36/h2-34,51,55H,1H3. The summed E-state index contributed by atoms with van der Waals surface area (Å²) < 4.78 is 8.15. The second-order valence-electron chi connectivity index (χ2n) is 14.9. The highest BCUT2D eigenvalue weighted by molar-refractivity contribution is 7.21. The first-order chi connectivity index (χ1) is 28.7. The average molecular weight is 763 g/mol. The first kappa shape index (κ1) is 34.1. The van der Waals surface area contributed by atoms with Gasteiger partial charge < -0.3 is 14.6 Å². The van der Waals surface area contributed by atoms with Crippen LogP contribution in [0, 0.1) is 0 Å². The Morgan fingerprint density at radius 3 is 1.84 bits per heavy atom. The van der Waals surface area contributed by atoms with E-state index in [0.717, 1.165) is 50.1 Å². The van der Waals surface area contributed by atoms with E-state index in [1.165, 1.54) is 54.1 Å². The summed E-state index contributed by atoms with van der Waals surface area (Å²) in [6.45, 7) is 2.29. The molecule has 8 aromatic carbocycles. The van der Waals surface area contributed by atoms with E-state index in [9.17, 15) is 0 Å². The molecular formula is C54H38N2OS. The van der Waals surface area contributed by atoms with Crippen molar-refractivity contribution in [2.45, 2.75) is 13.0 Å². The summed E-state index contributed by atoms with van der Waals surface area (Å²) in [6.07, 6.45) is 0. The van der Waals surface area contributed by atoms with Crippen LogP contribution in [-0.4, -0.2) is 0 Å². The van der Waals surface area contributed by atoms with Crippen LogP contribution in [0.1, 0.15) is 29.0 Å². The zero-order valence-electron chi connectivity index (χ0n) is 31.9. The van der Waals surface area contributed by atoms with E-state index in [0.29, 0.717) is 0 Å². The second-order valence-corrected chi connectivity index (χ2v) is 16.0. The van der Waals surface area contributed by atoms with Gasteiger partial charge in [-0.1, -0.05) is 158 Å². The van der Waals surface area contributed by atoms with E-state index < -0.39 is 0 Å². The molecule has 0 saturated carbocycles. The van der Waals surface area contributed by atoms with Crippen molar-refractivity contribution >= 4 is 71.7 Å². The predicted octanol–water partition coefficient (Wildman–Crippen LogP) is 15.6. The zero-order chi connectivity index (χ0) is 38.6. The summed E-state index contributed by atoms with van der Waals surface area (Å²) >= 11 is 1.87. The summed E-state index contributed by atoms with van der Waals surface area (Å²) in [6, 6.07) is 71.6. The number of benzene rings is 8. The topological polar surface area (TPSA) is 28.4 Å². The number of para-hydroxylation sites is 2. The van der Waals surface area contributed by atoms with Gasteiger partial charge in [0, 0.05) is 37.8 Å². The Morgan fingerprint density at radius 1 is 0.517 bits per heavy atom. The van der Waals surface area contributed by atoms with E-state index in [2.05, 4.69) is 217 Å². The third-order valence-corrected chi connectivity index (χ3v) is 12.7. The molecule has 2 aromatic heterocycles. The number of fused-ring (bicyclic) bond motifs is 6. The first-order valence-electron chi connectivity index (χ1n) is 19.8. The molecule has 0 aliphatic carbocycles. The van der Waals surface area contributed by atoms with Crippen LogP contribution in [0.4, 0.5) is 22.7 Å². The van der Waals surface area contributed by atoms with Crippen LogP contribution >= 0.6 is 11.3 Å². The molecule has 10 aromatic rings. The molecule has 0 fully saturated rings. The lowest BCUT2D eigenvalue weighted by atomic mass is 9.86. The number of furan rings is 1. The highest BCUT2D eigenvalue weighted by atomic mass is 32.1. The minimum atomic E-state index is 0.0274. The van der Waals surface area contributed by atoms with Crippen molar-refractivity contribution in [3.63, 3.8) is 0 Å². The van der Waals surface area contributed by atoms with Crippen LogP contribution < -0.4 is 10.2 Å². The molecule has 1 atom stereocenters. The fraction of sp³-hybridized carbons (Fsp3) is 0.0370. The molecule has 3 heterocycles. The Kier molecular flexibility index (Phi) is 8.30. The third kappa shape index (κ3) is 5.72. The van der Waals surface area contributed by atoms with Gasteiger partial charge in [0.25, 0.3) is 0 Å². The van der Waals surface area contributed by atoms with Crippen LogP contribution in [0.3, 0.4) is 0 Å². The molecule has 0 saturated heterocycles. The molecule has 4 heteroatoms. The van der Waals surface area contributed by atoms with Gasteiger partial charge in [-0.15, -0.1) is 11.3 Å². The lowest BCUT2D eigenvalue weighted by molar-refractivity contribution is 0.669. The summed E-state index contributed by atoms with van der Waals surface area (Å²) in [7, 11) is 0. The van der Waals surface area contributed by atoms with Gasteiger partial charge in [-0.05, 0) is 88.3 Å². The maximum Gasteiger partial charge on any atom is 0.160 e. The molecule has 3 nitrogen and oxygen atoms in total. The van der Waals surface area contributed by atoms with E-state index in [4.69, 9.17) is 4.42 Å². The van der Waals surface area contributed by atoms with Crippen LogP contribution in [0.25, 0.3) is 59.9 Å². The fourth-order valence-corrected chi connectivity index (χ4v) is 10.1. The number of hydrogen-bond donors (Lipinski definition) is 1. The van der Waals surface area contributed by atoms with Gasteiger partial charge in [-0.3, -0.25) is 0 Å². The number of rotatable bonds is 7. The van der Waals surface area contributed by atoms with Crippen LogP contribution in [0.5, 0.6) is 0 Å². The maximum atomic E-state index is 6.85. The molecule has 0 bridgehead atoms. The quantitative estimate of drug-likeness (QED) is 0.175. The normalized spacial score (nSPS) is 13.8. The molecule has 0 spiro atoms. The number of nitrogens with zero attached hydrogens (tertiary/aromatic N) is 1. The summed E-state index contributed by atoms with van der Waals surface area (Å²) in [5.41, 5.74) is 15.9. The minimum absolute atomic E-state index is 0.0274. The number of nitrogens with one attached hydrogen (secondary N) is 1. The molecule has 58 heavy (non-hydrogen) atoms. The first-order valence-corrected chi connectivity index (χ1v) is 20.6. The maximum absolute atomic E-state index is 6.85. The highest BCUT2D eigenvalue weighted by Gasteiger charge is 2.30. The van der Waals surface area contributed by atoms with Gasteiger partial charge in [0.15, 0.2) is 5.58 Å². The van der Waals surface area contributed by atoms with E-state index in [1.54, 1.807) is 0 Å². The minimum Gasteiger partial charge on any atom is -0.454 e. The molecule has 1 N–H and O–H groups in total. The Balaban J connectivity index is 1.03. The summed E-state index contributed by atoms with van der Waals surface area (Å²) in [5.74, 6) is 0.